The molecule has 0 amide bonds. The molecule has 1 aromatic carbocycles. The Morgan fingerprint density at radius 3 is 2.72 bits per heavy atom. The van der Waals surface area contributed by atoms with Crippen molar-refractivity contribution < 1.29 is 9.47 Å². The van der Waals surface area contributed by atoms with Crippen LogP contribution in [0.4, 0.5) is 0 Å². The molecule has 0 saturated heterocycles. The van der Waals surface area contributed by atoms with E-state index in [2.05, 4.69) is 4.99 Å². The molecule has 0 unspecified atom stereocenters. The van der Waals surface area contributed by atoms with Gasteiger partial charge in [0, 0.05) is 18.0 Å². The number of hydrogen-bond acceptors (Lipinski definition) is 3. The molecule has 3 rings (SSSR count). The van der Waals surface area contributed by atoms with Gasteiger partial charge in [-0.15, -0.1) is 0 Å². The van der Waals surface area contributed by atoms with Crippen LogP contribution in [0.5, 0.6) is 5.75 Å². The minimum Gasteiger partial charge on any atom is -0.497 e. The van der Waals surface area contributed by atoms with E-state index in [1.165, 1.54) is 25.7 Å². The van der Waals surface area contributed by atoms with Crippen LogP contribution in [0.15, 0.2) is 29.3 Å². The summed E-state index contributed by atoms with van der Waals surface area (Å²) in [4.78, 5) is 4.59. The molecule has 0 N–H and O–H groups in total. The predicted octanol–water partition coefficient (Wildman–Crippen LogP) is 3.03. The van der Waals surface area contributed by atoms with Crippen LogP contribution < -0.4 is 4.74 Å². The molecule has 1 saturated carbocycles. The Labute approximate surface area is 108 Å². The molecule has 2 atom stereocenters. The molecular formula is C15H19NO2. The Morgan fingerprint density at radius 1 is 1.17 bits per heavy atom. The van der Waals surface area contributed by atoms with Crippen LogP contribution in [-0.2, 0) is 4.74 Å². The molecule has 0 radical (unpaired) electrons. The SMILES string of the molecule is COc1ccc(C2=NC[C@H]3CCCC[C@H]3O2)cc1. The highest BCUT2D eigenvalue weighted by Gasteiger charge is 2.31. The van der Waals surface area contributed by atoms with Gasteiger partial charge in [-0.1, -0.05) is 6.42 Å². The van der Waals surface area contributed by atoms with Gasteiger partial charge in [-0.3, -0.25) is 4.99 Å². The fraction of sp³-hybridized carbons (Fsp3) is 0.533. The summed E-state index contributed by atoms with van der Waals surface area (Å²) in [6.07, 6.45) is 5.45. The lowest BCUT2D eigenvalue weighted by Crippen LogP contribution is -2.36. The summed E-state index contributed by atoms with van der Waals surface area (Å²) in [6.45, 7) is 0.923. The van der Waals surface area contributed by atoms with Crippen molar-refractivity contribution in [3.05, 3.63) is 29.8 Å². The normalized spacial score (nSPS) is 26.8. The van der Waals surface area contributed by atoms with Crippen LogP contribution in [0, 0.1) is 5.92 Å². The van der Waals surface area contributed by atoms with Crippen molar-refractivity contribution in [2.24, 2.45) is 10.9 Å². The zero-order chi connectivity index (χ0) is 12.4. The van der Waals surface area contributed by atoms with E-state index in [4.69, 9.17) is 9.47 Å². The molecule has 0 aromatic heterocycles. The van der Waals surface area contributed by atoms with Gasteiger partial charge in [0.25, 0.3) is 0 Å². The van der Waals surface area contributed by atoms with Gasteiger partial charge in [-0.05, 0) is 43.5 Å². The molecule has 18 heavy (non-hydrogen) atoms. The van der Waals surface area contributed by atoms with E-state index in [0.29, 0.717) is 12.0 Å². The van der Waals surface area contributed by atoms with Gasteiger partial charge in [-0.2, -0.15) is 0 Å². The van der Waals surface area contributed by atoms with Gasteiger partial charge in [0.1, 0.15) is 11.9 Å². The fourth-order valence-electron chi connectivity index (χ4n) is 2.81. The minimum atomic E-state index is 0.383. The molecule has 1 fully saturated rings. The van der Waals surface area contributed by atoms with Crippen molar-refractivity contribution in [3.8, 4) is 5.75 Å². The van der Waals surface area contributed by atoms with Crippen molar-refractivity contribution in [2.45, 2.75) is 31.8 Å². The van der Waals surface area contributed by atoms with Crippen molar-refractivity contribution in [1.29, 1.82) is 0 Å². The smallest absolute Gasteiger partial charge is 0.216 e. The van der Waals surface area contributed by atoms with Gasteiger partial charge in [0.2, 0.25) is 5.90 Å². The maximum Gasteiger partial charge on any atom is 0.216 e. The molecule has 3 nitrogen and oxygen atoms in total. The average Bonchev–Trinajstić information content (AvgIpc) is 2.47. The summed E-state index contributed by atoms with van der Waals surface area (Å²) >= 11 is 0. The number of fused-ring (bicyclic) bond motifs is 1. The predicted molar refractivity (Wildman–Crippen MR) is 71.2 cm³/mol. The van der Waals surface area contributed by atoms with Crippen molar-refractivity contribution in [1.82, 2.24) is 0 Å². The van der Waals surface area contributed by atoms with E-state index >= 15 is 0 Å². The zero-order valence-electron chi connectivity index (χ0n) is 10.8. The zero-order valence-corrected chi connectivity index (χ0v) is 10.8. The van der Waals surface area contributed by atoms with Gasteiger partial charge < -0.3 is 9.47 Å². The standard InChI is InChI=1S/C15H19NO2/c1-17-13-8-6-11(7-9-13)15-16-10-12-4-2-3-5-14(12)18-15/h6-9,12,14H,2-5,10H2,1H3/t12-,14-/m1/s1. The maximum atomic E-state index is 6.06. The van der Waals surface area contributed by atoms with Crippen LogP contribution in [-0.4, -0.2) is 25.7 Å². The van der Waals surface area contributed by atoms with E-state index in [-0.39, 0.29) is 0 Å². The molecule has 3 heteroatoms. The molecule has 0 spiro atoms. The summed E-state index contributed by atoms with van der Waals surface area (Å²) < 4.78 is 11.2. The van der Waals surface area contributed by atoms with E-state index in [9.17, 15) is 0 Å². The van der Waals surface area contributed by atoms with E-state index in [1.54, 1.807) is 7.11 Å². The molecule has 1 aliphatic heterocycles. The molecule has 2 aliphatic rings. The molecular weight excluding hydrogens is 226 g/mol. The number of methoxy groups -OCH3 is 1. The average molecular weight is 245 g/mol. The highest BCUT2D eigenvalue weighted by atomic mass is 16.5. The molecule has 1 aromatic rings. The second kappa shape index (κ2) is 5.01. The van der Waals surface area contributed by atoms with Gasteiger partial charge >= 0.3 is 0 Å². The summed E-state index contributed by atoms with van der Waals surface area (Å²) in [7, 11) is 1.68. The lowest BCUT2D eigenvalue weighted by molar-refractivity contribution is 0.0729. The van der Waals surface area contributed by atoms with Crippen LogP contribution in [0.3, 0.4) is 0 Å². The molecule has 0 bridgehead atoms. The van der Waals surface area contributed by atoms with E-state index < -0.39 is 0 Å². The Bertz CT molecular complexity index is 438. The van der Waals surface area contributed by atoms with Crippen LogP contribution >= 0.6 is 0 Å². The summed E-state index contributed by atoms with van der Waals surface area (Å²) in [5.41, 5.74) is 1.06. The number of aliphatic imine (C=N–C) groups is 1. The van der Waals surface area contributed by atoms with Gasteiger partial charge in [0.15, 0.2) is 0 Å². The minimum absolute atomic E-state index is 0.383. The lowest BCUT2D eigenvalue weighted by Gasteiger charge is -2.34. The van der Waals surface area contributed by atoms with Crippen molar-refractivity contribution >= 4 is 5.90 Å². The Morgan fingerprint density at radius 2 is 1.94 bits per heavy atom. The second-order valence-corrected chi connectivity index (χ2v) is 5.08. The van der Waals surface area contributed by atoms with Crippen molar-refractivity contribution in [3.63, 3.8) is 0 Å². The topological polar surface area (TPSA) is 30.8 Å². The third-order valence-corrected chi connectivity index (χ3v) is 3.91. The van der Waals surface area contributed by atoms with Gasteiger partial charge in [0.05, 0.1) is 7.11 Å². The highest BCUT2D eigenvalue weighted by molar-refractivity contribution is 5.94. The second-order valence-electron chi connectivity index (χ2n) is 5.08. The number of rotatable bonds is 2. The summed E-state index contributed by atoms with van der Waals surface area (Å²) in [5.74, 6) is 2.31. The Hall–Kier alpha value is -1.51. The first-order valence-corrected chi connectivity index (χ1v) is 6.72. The number of ether oxygens (including phenoxy) is 2. The number of nitrogens with zero attached hydrogens (tertiary/aromatic N) is 1. The number of hydrogen-bond donors (Lipinski definition) is 0. The Balaban J connectivity index is 1.77. The van der Waals surface area contributed by atoms with Gasteiger partial charge in [-0.25, -0.2) is 0 Å². The van der Waals surface area contributed by atoms with Crippen LogP contribution in [0.2, 0.25) is 0 Å². The molecule has 1 heterocycles. The molecule has 96 valence electrons. The summed E-state index contributed by atoms with van der Waals surface area (Å²) in [6, 6.07) is 7.93. The largest absolute Gasteiger partial charge is 0.497 e. The molecule has 1 aliphatic carbocycles. The third kappa shape index (κ3) is 2.22. The quantitative estimate of drug-likeness (QED) is 0.802. The number of benzene rings is 1. The van der Waals surface area contributed by atoms with E-state index in [1.807, 2.05) is 24.3 Å². The maximum absolute atomic E-state index is 6.06. The van der Waals surface area contributed by atoms with Crippen LogP contribution in [0.25, 0.3) is 0 Å². The fourth-order valence-corrected chi connectivity index (χ4v) is 2.81. The van der Waals surface area contributed by atoms with Crippen LogP contribution in [0.1, 0.15) is 31.2 Å². The third-order valence-electron chi connectivity index (χ3n) is 3.91. The first kappa shape index (κ1) is 11.6. The summed E-state index contributed by atoms with van der Waals surface area (Å²) in [5, 5.41) is 0. The Kier molecular flexibility index (Phi) is 3.22. The van der Waals surface area contributed by atoms with Crippen molar-refractivity contribution in [2.75, 3.05) is 13.7 Å². The monoisotopic (exact) mass is 245 g/mol. The first-order chi connectivity index (χ1) is 8.86. The lowest BCUT2D eigenvalue weighted by atomic mass is 9.86. The first-order valence-electron chi connectivity index (χ1n) is 6.72. The van der Waals surface area contributed by atoms with E-state index in [0.717, 1.165) is 23.8 Å². The highest BCUT2D eigenvalue weighted by Crippen LogP contribution is 2.31.